The minimum atomic E-state index is 0.699. The zero-order valence-electron chi connectivity index (χ0n) is 6.92. The van der Waals surface area contributed by atoms with Gasteiger partial charge < -0.3 is 5.73 Å². The van der Waals surface area contributed by atoms with Crippen LogP contribution in [0.1, 0.15) is 20.8 Å². The standard InChI is InChI=1S/C4H10O2S.C2H7N/c1-3-5-7-6-4-2;1-2-3/h3-4H2,1-2H3;2-3H2,1H3. The van der Waals surface area contributed by atoms with E-state index < -0.39 is 0 Å². The zero-order chi connectivity index (χ0) is 8.24. The Kier molecular flexibility index (Phi) is 20.7. The molecule has 0 aromatic rings. The fourth-order valence-corrected chi connectivity index (χ4v) is 0.391. The van der Waals surface area contributed by atoms with Crippen LogP contribution >= 0.6 is 12.3 Å². The third-order valence-electron chi connectivity index (χ3n) is 0.332. The number of hydrogen-bond donors (Lipinski definition) is 1. The molecular formula is C6H17NO2S. The van der Waals surface area contributed by atoms with Crippen LogP contribution in [0.25, 0.3) is 0 Å². The van der Waals surface area contributed by atoms with E-state index in [0.29, 0.717) is 13.2 Å². The van der Waals surface area contributed by atoms with Crippen LogP contribution in [-0.2, 0) is 8.37 Å². The van der Waals surface area contributed by atoms with Crippen LogP contribution in [-0.4, -0.2) is 19.8 Å². The molecule has 0 unspecified atom stereocenters. The first-order valence-corrected chi connectivity index (χ1v) is 4.11. The van der Waals surface area contributed by atoms with Gasteiger partial charge in [-0.3, -0.25) is 8.37 Å². The topological polar surface area (TPSA) is 44.5 Å². The molecule has 0 bridgehead atoms. The summed E-state index contributed by atoms with van der Waals surface area (Å²) in [5.41, 5.74) is 4.85. The number of rotatable bonds is 4. The molecular weight excluding hydrogens is 150 g/mol. The summed E-state index contributed by atoms with van der Waals surface area (Å²) in [5, 5.41) is 0. The summed E-state index contributed by atoms with van der Waals surface area (Å²) < 4.78 is 9.54. The Hall–Kier alpha value is 0.230. The lowest BCUT2D eigenvalue weighted by Gasteiger charge is -1.93. The maximum absolute atomic E-state index is 4.85. The van der Waals surface area contributed by atoms with Crippen molar-refractivity contribution in [3.63, 3.8) is 0 Å². The van der Waals surface area contributed by atoms with E-state index >= 15 is 0 Å². The largest absolute Gasteiger partial charge is 0.331 e. The summed E-state index contributed by atoms with van der Waals surface area (Å²) in [6.45, 7) is 7.90. The van der Waals surface area contributed by atoms with Crippen molar-refractivity contribution in [1.29, 1.82) is 0 Å². The Morgan fingerprint density at radius 1 is 1.10 bits per heavy atom. The Morgan fingerprint density at radius 2 is 1.40 bits per heavy atom. The Balaban J connectivity index is 0. The Morgan fingerprint density at radius 3 is 1.60 bits per heavy atom. The van der Waals surface area contributed by atoms with Gasteiger partial charge >= 0.3 is 0 Å². The molecule has 0 rings (SSSR count). The summed E-state index contributed by atoms with van der Waals surface area (Å²) in [4.78, 5) is 0. The molecule has 2 N–H and O–H groups in total. The highest BCUT2D eigenvalue weighted by molar-refractivity contribution is 7.89. The van der Waals surface area contributed by atoms with Gasteiger partial charge in [0.25, 0.3) is 0 Å². The molecule has 3 nitrogen and oxygen atoms in total. The minimum Gasteiger partial charge on any atom is -0.331 e. The van der Waals surface area contributed by atoms with Crippen LogP contribution in [0, 0.1) is 0 Å². The van der Waals surface area contributed by atoms with Gasteiger partial charge in [-0.05, 0) is 20.4 Å². The molecule has 0 saturated carbocycles. The predicted molar refractivity (Wildman–Crippen MR) is 45.6 cm³/mol. The summed E-state index contributed by atoms with van der Waals surface area (Å²) in [6.07, 6.45) is 0. The van der Waals surface area contributed by atoms with E-state index in [1.165, 1.54) is 0 Å². The van der Waals surface area contributed by atoms with Crippen molar-refractivity contribution in [3.8, 4) is 0 Å². The Labute approximate surface area is 67.7 Å². The van der Waals surface area contributed by atoms with Gasteiger partial charge in [0, 0.05) is 0 Å². The lowest BCUT2D eigenvalue weighted by molar-refractivity contribution is 0.309. The third-order valence-corrected chi connectivity index (χ3v) is 0.996. The molecule has 0 aromatic carbocycles. The van der Waals surface area contributed by atoms with Crippen LogP contribution in [0.2, 0.25) is 0 Å². The van der Waals surface area contributed by atoms with Crippen LogP contribution in [0.4, 0.5) is 0 Å². The smallest absolute Gasteiger partial charge is 0.158 e. The molecule has 0 atom stereocenters. The fraction of sp³-hybridized carbons (Fsp3) is 1.00. The molecule has 64 valence electrons. The van der Waals surface area contributed by atoms with Gasteiger partial charge in [0.2, 0.25) is 0 Å². The maximum Gasteiger partial charge on any atom is 0.158 e. The van der Waals surface area contributed by atoms with Gasteiger partial charge in [-0.1, -0.05) is 6.92 Å². The monoisotopic (exact) mass is 167 g/mol. The molecule has 0 saturated heterocycles. The molecule has 4 heteroatoms. The molecule has 0 radical (unpaired) electrons. The van der Waals surface area contributed by atoms with Crippen molar-refractivity contribution in [2.75, 3.05) is 19.8 Å². The Bertz CT molecular complexity index is 42.7. The first kappa shape index (κ1) is 12.9. The molecule has 0 heterocycles. The van der Waals surface area contributed by atoms with Crippen LogP contribution in [0.3, 0.4) is 0 Å². The average Bonchev–Trinajstić information content (AvgIpc) is 1.91. The third kappa shape index (κ3) is 24.0. The van der Waals surface area contributed by atoms with Gasteiger partial charge in [0.1, 0.15) is 0 Å². The second-order valence-corrected chi connectivity index (χ2v) is 1.90. The molecule has 0 aliphatic rings. The molecule has 0 aliphatic heterocycles. The minimum absolute atomic E-state index is 0.699. The fourth-order valence-electron chi connectivity index (χ4n) is 0.130. The van der Waals surface area contributed by atoms with Gasteiger partial charge in [-0.2, -0.15) is 0 Å². The van der Waals surface area contributed by atoms with Crippen LogP contribution in [0.5, 0.6) is 0 Å². The van der Waals surface area contributed by atoms with E-state index in [1.54, 1.807) is 0 Å². The molecule has 0 aliphatic carbocycles. The van der Waals surface area contributed by atoms with Gasteiger partial charge in [-0.15, -0.1) is 0 Å². The highest BCUT2D eigenvalue weighted by Crippen LogP contribution is 2.01. The van der Waals surface area contributed by atoms with E-state index in [2.05, 4.69) is 0 Å². The van der Waals surface area contributed by atoms with Crippen LogP contribution < -0.4 is 5.73 Å². The second kappa shape index (κ2) is 16.1. The van der Waals surface area contributed by atoms with Crippen molar-refractivity contribution in [1.82, 2.24) is 0 Å². The SMILES string of the molecule is CCN.CCOSOCC. The lowest BCUT2D eigenvalue weighted by Crippen LogP contribution is -1.87. The number of nitrogens with two attached hydrogens (primary N) is 1. The summed E-state index contributed by atoms with van der Waals surface area (Å²) >= 11 is 1.05. The summed E-state index contributed by atoms with van der Waals surface area (Å²) in [7, 11) is 0. The van der Waals surface area contributed by atoms with E-state index in [9.17, 15) is 0 Å². The van der Waals surface area contributed by atoms with Crippen LogP contribution in [0.15, 0.2) is 0 Å². The number of hydrogen-bond acceptors (Lipinski definition) is 4. The molecule has 0 fully saturated rings. The maximum atomic E-state index is 4.85. The zero-order valence-corrected chi connectivity index (χ0v) is 7.74. The van der Waals surface area contributed by atoms with Crippen molar-refractivity contribution in [2.45, 2.75) is 20.8 Å². The van der Waals surface area contributed by atoms with Crippen molar-refractivity contribution >= 4 is 12.3 Å². The summed E-state index contributed by atoms with van der Waals surface area (Å²) in [5.74, 6) is 0. The summed E-state index contributed by atoms with van der Waals surface area (Å²) in [6, 6.07) is 0. The van der Waals surface area contributed by atoms with Gasteiger partial charge in [0.15, 0.2) is 12.3 Å². The van der Waals surface area contributed by atoms with Crippen molar-refractivity contribution < 1.29 is 8.37 Å². The molecule has 10 heavy (non-hydrogen) atoms. The van der Waals surface area contributed by atoms with E-state index in [0.717, 1.165) is 18.9 Å². The highest BCUT2D eigenvalue weighted by Gasteiger charge is 1.79. The first-order chi connectivity index (χ1) is 4.83. The van der Waals surface area contributed by atoms with E-state index in [1.807, 2.05) is 20.8 Å². The predicted octanol–water partition coefficient (Wildman–Crippen LogP) is 1.59. The molecule has 0 spiro atoms. The average molecular weight is 167 g/mol. The first-order valence-electron chi connectivity index (χ1n) is 3.44. The molecule has 0 amide bonds. The second-order valence-electron chi connectivity index (χ2n) is 1.29. The normalized spacial score (nSPS) is 8.40. The lowest BCUT2D eigenvalue weighted by atomic mass is 10.8. The van der Waals surface area contributed by atoms with Gasteiger partial charge in [0.05, 0.1) is 13.2 Å². The quantitative estimate of drug-likeness (QED) is 0.510. The van der Waals surface area contributed by atoms with E-state index in [-0.39, 0.29) is 0 Å². The highest BCUT2D eigenvalue weighted by atomic mass is 32.2. The van der Waals surface area contributed by atoms with E-state index in [4.69, 9.17) is 14.1 Å². The molecule has 0 aromatic heterocycles. The van der Waals surface area contributed by atoms with Gasteiger partial charge in [-0.25, -0.2) is 0 Å². The van der Waals surface area contributed by atoms with Crippen molar-refractivity contribution in [2.24, 2.45) is 5.73 Å². The van der Waals surface area contributed by atoms with Crippen molar-refractivity contribution in [3.05, 3.63) is 0 Å².